The minimum atomic E-state index is -3.32. The molecule has 29 heavy (non-hydrogen) atoms. The van der Waals surface area contributed by atoms with Crippen molar-refractivity contribution >= 4 is 27.6 Å². The molecule has 1 heterocycles. The standard InChI is InChI=1S/C21H24N2O5S/c1-2-28-21(25)18-6-5-7-19(14-18)22-20(24)17-10-8-16(9-11-17)15-29(26,27)23-12-3-4-13-23/h5-11,14H,2-4,12-13,15H2,1H3,(H,22,24). The minimum absolute atomic E-state index is 0.0729. The molecule has 1 aliphatic rings. The van der Waals surface area contributed by atoms with Gasteiger partial charge in [0.25, 0.3) is 5.91 Å². The third-order valence-corrected chi connectivity index (χ3v) is 6.51. The van der Waals surface area contributed by atoms with Crippen molar-refractivity contribution in [3.63, 3.8) is 0 Å². The Kier molecular flexibility index (Phi) is 6.66. The van der Waals surface area contributed by atoms with Gasteiger partial charge in [0.1, 0.15) is 0 Å². The van der Waals surface area contributed by atoms with Gasteiger partial charge >= 0.3 is 5.97 Å². The molecule has 7 nitrogen and oxygen atoms in total. The third-order valence-electron chi connectivity index (χ3n) is 4.66. The second kappa shape index (κ2) is 9.19. The molecule has 0 unspecified atom stereocenters. The summed E-state index contributed by atoms with van der Waals surface area (Å²) in [5.74, 6) is -0.872. The fraction of sp³-hybridized carbons (Fsp3) is 0.333. The zero-order valence-corrected chi connectivity index (χ0v) is 17.1. The summed E-state index contributed by atoms with van der Waals surface area (Å²) < 4.78 is 31.3. The fourth-order valence-corrected chi connectivity index (χ4v) is 4.77. The van der Waals surface area contributed by atoms with E-state index in [1.807, 2.05) is 0 Å². The van der Waals surface area contributed by atoms with E-state index in [4.69, 9.17) is 4.74 Å². The van der Waals surface area contributed by atoms with E-state index in [0.29, 0.717) is 35.5 Å². The lowest BCUT2D eigenvalue weighted by molar-refractivity contribution is 0.0526. The third kappa shape index (κ3) is 5.42. The zero-order chi connectivity index (χ0) is 20.9. The predicted molar refractivity (Wildman–Crippen MR) is 110 cm³/mol. The molecule has 0 aromatic heterocycles. The van der Waals surface area contributed by atoms with Crippen molar-refractivity contribution < 1.29 is 22.7 Å². The van der Waals surface area contributed by atoms with Crippen molar-refractivity contribution in [2.75, 3.05) is 25.0 Å². The van der Waals surface area contributed by atoms with Crippen LogP contribution in [-0.2, 0) is 20.5 Å². The van der Waals surface area contributed by atoms with Crippen LogP contribution in [-0.4, -0.2) is 44.3 Å². The van der Waals surface area contributed by atoms with Gasteiger partial charge in [-0.2, -0.15) is 0 Å². The SMILES string of the molecule is CCOC(=O)c1cccc(NC(=O)c2ccc(CS(=O)(=O)N3CCCC3)cc2)c1. The van der Waals surface area contributed by atoms with Gasteiger partial charge in [-0.3, -0.25) is 4.79 Å². The number of rotatable bonds is 7. The van der Waals surface area contributed by atoms with E-state index >= 15 is 0 Å². The summed E-state index contributed by atoms with van der Waals surface area (Å²) in [6, 6.07) is 13.0. The number of hydrogen-bond acceptors (Lipinski definition) is 5. The van der Waals surface area contributed by atoms with Gasteiger partial charge in [0.2, 0.25) is 10.0 Å². The molecule has 0 bridgehead atoms. The van der Waals surface area contributed by atoms with Crippen LogP contribution in [0.3, 0.4) is 0 Å². The van der Waals surface area contributed by atoms with Crippen molar-refractivity contribution in [1.82, 2.24) is 4.31 Å². The zero-order valence-electron chi connectivity index (χ0n) is 16.3. The van der Waals surface area contributed by atoms with Gasteiger partial charge < -0.3 is 10.1 Å². The Morgan fingerprint density at radius 1 is 1.03 bits per heavy atom. The summed E-state index contributed by atoms with van der Waals surface area (Å²) in [6.45, 7) is 3.15. The molecule has 1 amide bonds. The van der Waals surface area contributed by atoms with E-state index in [2.05, 4.69) is 5.32 Å². The van der Waals surface area contributed by atoms with E-state index in [-0.39, 0.29) is 18.3 Å². The molecule has 154 valence electrons. The van der Waals surface area contributed by atoms with Gasteiger partial charge in [0.15, 0.2) is 0 Å². The second-order valence-corrected chi connectivity index (χ2v) is 8.78. The van der Waals surface area contributed by atoms with E-state index in [1.165, 1.54) is 4.31 Å². The first kappa shape index (κ1) is 21.0. The van der Waals surface area contributed by atoms with Gasteiger partial charge in [0.05, 0.1) is 17.9 Å². The topological polar surface area (TPSA) is 92.8 Å². The average Bonchev–Trinajstić information content (AvgIpc) is 3.24. The van der Waals surface area contributed by atoms with Crippen LogP contribution in [0.1, 0.15) is 46.0 Å². The molecule has 3 rings (SSSR count). The number of carbonyl (C=O) groups is 2. The molecule has 2 aromatic carbocycles. The Morgan fingerprint density at radius 3 is 2.38 bits per heavy atom. The molecule has 0 spiro atoms. The first-order valence-electron chi connectivity index (χ1n) is 9.54. The number of amides is 1. The van der Waals surface area contributed by atoms with Crippen LogP contribution < -0.4 is 5.32 Å². The van der Waals surface area contributed by atoms with Crippen molar-refractivity contribution in [3.05, 3.63) is 65.2 Å². The Hall–Kier alpha value is -2.71. The van der Waals surface area contributed by atoms with Crippen LogP contribution in [0.4, 0.5) is 5.69 Å². The van der Waals surface area contributed by atoms with E-state index < -0.39 is 16.0 Å². The Morgan fingerprint density at radius 2 is 1.72 bits per heavy atom. The highest BCUT2D eigenvalue weighted by atomic mass is 32.2. The van der Waals surface area contributed by atoms with E-state index in [9.17, 15) is 18.0 Å². The molecular formula is C21H24N2O5S. The molecule has 0 saturated carbocycles. The molecule has 0 atom stereocenters. The molecule has 0 radical (unpaired) electrons. The smallest absolute Gasteiger partial charge is 0.338 e. The number of benzene rings is 2. The van der Waals surface area contributed by atoms with Crippen molar-refractivity contribution in [2.45, 2.75) is 25.5 Å². The van der Waals surface area contributed by atoms with Gasteiger partial charge in [-0.05, 0) is 55.7 Å². The van der Waals surface area contributed by atoms with Crippen LogP contribution in [0.5, 0.6) is 0 Å². The number of hydrogen-bond donors (Lipinski definition) is 1. The summed E-state index contributed by atoms with van der Waals surface area (Å²) >= 11 is 0. The number of ether oxygens (including phenoxy) is 1. The molecule has 1 fully saturated rings. The lowest BCUT2D eigenvalue weighted by atomic mass is 10.1. The normalized spacial score (nSPS) is 14.5. The van der Waals surface area contributed by atoms with Crippen LogP contribution in [0.2, 0.25) is 0 Å². The maximum atomic E-state index is 12.5. The Labute approximate surface area is 170 Å². The second-order valence-electron chi connectivity index (χ2n) is 6.81. The lowest BCUT2D eigenvalue weighted by Crippen LogP contribution is -2.29. The Bertz CT molecular complexity index is 980. The number of anilines is 1. The van der Waals surface area contributed by atoms with Crippen LogP contribution in [0, 0.1) is 0 Å². The number of sulfonamides is 1. The highest BCUT2D eigenvalue weighted by Crippen LogP contribution is 2.18. The summed E-state index contributed by atoms with van der Waals surface area (Å²) in [4.78, 5) is 24.3. The Balaban J connectivity index is 1.65. The quantitative estimate of drug-likeness (QED) is 0.701. The maximum absolute atomic E-state index is 12.5. The molecule has 8 heteroatoms. The molecule has 0 aliphatic carbocycles. The van der Waals surface area contributed by atoms with Crippen molar-refractivity contribution in [3.8, 4) is 0 Å². The van der Waals surface area contributed by atoms with Gasteiger partial charge in [-0.25, -0.2) is 17.5 Å². The summed E-state index contributed by atoms with van der Waals surface area (Å²) in [5, 5.41) is 2.73. The van der Waals surface area contributed by atoms with Crippen molar-refractivity contribution in [1.29, 1.82) is 0 Å². The number of esters is 1. The first-order valence-corrected chi connectivity index (χ1v) is 11.2. The van der Waals surface area contributed by atoms with E-state index in [0.717, 1.165) is 12.8 Å². The molecule has 2 aromatic rings. The van der Waals surface area contributed by atoms with Gasteiger partial charge in [-0.15, -0.1) is 0 Å². The predicted octanol–water partition coefficient (Wildman–Crippen LogP) is 3.04. The number of nitrogens with zero attached hydrogens (tertiary/aromatic N) is 1. The average molecular weight is 416 g/mol. The van der Waals surface area contributed by atoms with Crippen LogP contribution >= 0.6 is 0 Å². The van der Waals surface area contributed by atoms with Crippen molar-refractivity contribution in [2.24, 2.45) is 0 Å². The molecule has 1 N–H and O–H groups in total. The number of nitrogens with one attached hydrogen (secondary N) is 1. The summed E-state index contributed by atoms with van der Waals surface area (Å²) in [7, 11) is -3.32. The lowest BCUT2D eigenvalue weighted by Gasteiger charge is -2.15. The highest BCUT2D eigenvalue weighted by molar-refractivity contribution is 7.88. The minimum Gasteiger partial charge on any atom is -0.462 e. The largest absolute Gasteiger partial charge is 0.462 e. The van der Waals surface area contributed by atoms with Crippen LogP contribution in [0.15, 0.2) is 48.5 Å². The molecular weight excluding hydrogens is 392 g/mol. The summed E-state index contributed by atoms with van der Waals surface area (Å²) in [5.41, 5.74) is 1.86. The maximum Gasteiger partial charge on any atom is 0.338 e. The molecule has 1 aliphatic heterocycles. The van der Waals surface area contributed by atoms with Crippen LogP contribution in [0.25, 0.3) is 0 Å². The number of carbonyl (C=O) groups excluding carboxylic acids is 2. The van der Waals surface area contributed by atoms with Gasteiger partial charge in [0, 0.05) is 24.3 Å². The highest BCUT2D eigenvalue weighted by Gasteiger charge is 2.25. The van der Waals surface area contributed by atoms with Gasteiger partial charge in [-0.1, -0.05) is 18.2 Å². The molecule has 1 saturated heterocycles. The summed E-state index contributed by atoms with van der Waals surface area (Å²) in [6.07, 6.45) is 1.80. The monoisotopic (exact) mass is 416 g/mol. The first-order chi connectivity index (χ1) is 13.9. The van der Waals surface area contributed by atoms with E-state index in [1.54, 1.807) is 55.5 Å². The fourth-order valence-electron chi connectivity index (χ4n) is 3.16.